The van der Waals surface area contributed by atoms with Crippen molar-refractivity contribution in [3.8, 4) is 0 Å². The summed E-state index contributed by atoms with van der Waals surface area (Å²) in [4.78, 5) is 12.6. The van der Waals surface area contributed by atoms with Crippen LogP contribution >= 0.6 is 0 Å². The van der Waals surface area contributed by atoms with Crippen molar-refractivity contribution in [2.45, 2.75) is 32.2 Å². The zero-order valence-electron chi connectivity index (χ0n) is 13.9. The van der Waals surface area contributed by atoms with Gasteiger partial charge in [-0.3, -0.25) is 4.79 Å². The van der Waals surface area contributed by atoms with Gasteiger partial charge in [-0.15, -0.1) is 0 Å². The monoisotopic (exact) mass is 311 g/mol. The Balaban J connectivity index is 2.04. The van der Waals surface area contributed by atoms with E-state index in [0.29, 0.717) is 19.2 Å². The lowest BCUT2D eigenvalue weighted by Gasteiger charge is -2.18. The highest BCUT2D eigenvalue weighted by Crippen LogP contribution is 2.25. The number of benzene rings is 2. The van der Waals surface area contributed by atoms with Crippen molar-refractivity contribution in [1.29, 1.82) is 0 Å². The Morgan fingerprint density at radius 3 is 2.00 bits per heavy atom. The number of carbonyl (C=O) groups is 1. The first-order valence-electron chi connectivity index (χ1n) is 8.22. The molecule has 2 rings (SSSR count). The van der Waals surface area contributed by atoms with Crippen LogP contribution in [0.15, 0.2) is 60.7 Å². The molecule has 0 fully saturated rings. The first-order chi connectivity index (χ1) is 11.2. The fourth-order valence-corrected chi connectivity index (χ4v) is 2.44. The summed E-state index contributed by atoms with van der Waals surface area (Å²) in [6.07, 6.45) is 1.06. The Hall–Kier alpha value is -2.13. The van der Waals surface area contributed by atoms with Crippen molar-refractivity contribution < 1.29 is 9.53 Å². The third kappa shape index (κ3) is 5.22. The zero-order valence-corrected chi connectivity index (χ0v) is 13.9. The van der Waals surface area contributed by atoms with Gasteiger partial charge in [0.1, 0.15) is 12.5 Å². The van der Waals surface area contributed by atoms with Crippen molar-refractivity contribution in [3.05, 3.63) is 71.8 Å². The first-order valence-corrected chi connectivity index (χ1v) is 8.22. The van der Waals surface area contributed by atoms with Crippen LogP contribution < -0.4 is 5.32 Å². The van der Waals surface area contributed by atoms with E-state index in [1.807, 2.05) is 60.7 Å². The molecular weight excluding hydrogens is 286 g/mol. The average Bonchev–Trinajstić information content (AvgIpc) is 2.60. The molecule has 23 heavy (non-hydrogen) atoms. The molecule has 1 atom stereocenters. The molecule has 0 aliphatic heterocycles. The topological polar surface area (TPSA) is 38.3 Å². The molecule has 0 unspecified atom stereocenters. The minimum atomic E-state index is -0.374. The van der Waals surface area contributed by atoms with E-state index < -0.39 is 0 Å². The van der Waals surface area contributed by atoms with Gasteiger partial charge in [0, 0.05) is 12.6 Å². The van der Waals surface area contributed by atoms with E-state index in [-0.39, 0.29) is 11.9 Å². The first kappa shape index (κ1) is 17.2. The van der Waals surface area contributed by atoms with Crippen LogP contribution in [-0.4, -0.2) is 25.2 Å². The van der Waals surface area contributed by atoms with Crippen LogP contribution in [0.1, 0.15) is 37.3 Å². The summed E-state index contributed by atoms with van der Waals surface area (Å²) in [6, 6.07) is 20.0. The van der Waals surface area contributed by atoms with Gasteiger partial charge in [0.2, 0.25) is 0 Å². The summed E-state index contributed by atoms with van der Waals surface area (Å²) < 4.78 is 5.51. The second-order valence-electron chi connectivity index (χ2n) is 5.69. The molecule has 122 valence electrons. The molecule has 3 nitrogen and oxygen atoms in total. The van der Waals surface area contributed by atoms with Gasteiger partial charge in [-0.1, -0.05) is 67.6 Å². The molecule has 0 aliphatic rings. The molecule has 2 aromatic carbocycles. The average molecular weight is 311 g/mol. The smallest absolute Gasteiger partial charge is 0.317 e. The van der Waals surface area contributed by atoms with Crippen LogP contribution in [-0.2, 0) is 9.53 Å². The van der Waals surface area contributed by atoms with E-state index in [1.165, 1.54) is 0 Å². The molecule has 0 radical (unpaired) electrons. The molecular formula is C20H25NO2. The number of esters is 1. The molecule has 0 bridgehead atoms. The van der Waals surface area contributed by atoms with E-state index in [2.05, 4.69) is 19.2 Å². The summed E-state index contributed by atoms with van der Waals surface area (Å²) in [7, 11) is 0. The van der Waals surface area contributed by atoms with Crippen LogP contribution in [0.4, 0.5) is 0 Å². The molecule has 0 spiro atoms. The van der Waals surface area contributed by atoms with Crippen molar-refractivity contribution in [1.82, 2.24) is 5.32 Å². The quantitative estimate of drug-likeness (QED) is 0.596. The summed E-state index contributed by atoms with van der Waals surface area (Å²) >= 11 is 0. The van der Waals surface area contributed by atoms with Gasteiger partial charge < -0.3 is 10.1 Å². The number of hydrogen-bond acceptors (Lipinski definition) is 3. The third-order valence-corrected chi connectivity index (χ3v) is 3.95. The standard InChI is InChI=1S/C20H25NO2/c1-3-16(2)21-14-15-23-20(22)19(17-10-6-4-7-11-17)18-12-8-5-9-13-18/h4-13,16,19,21H,3,14-15H2,1-2H3/t16-/m1/s1. The fraction of sp³-hybridized carbons (Fsp3) is 0.350. The number of ether oxygens (including phenoxy) is 1. The maximum Gasteiger partial charge on any atom is 0.317 e. The van der Waals surface area contributed by atoms with E-state index in [1.54, 1.807) is 0 Å². The second kappa shape index (κ2) is 9.11. The van der Waals surface area contributed by atoms with Gasteiger partial charge in [-0.05, 0) is 24.5 Å². The Morgan fingerprint density at radius 1 is 1.00 bits per heavy atom. The number of hydrogen-bond donors (Lipinski definition) is 1. The summed E-state index contributed by atoms with van der Waals surface area (Å²) in [5.74, 6) is -0.575. The predicted octanol–water partition coefficient (Wildman–Crippen LogP) is 3.75. The van der Waals surface area contributed by atoms with Crippen LogP contribution in [0.3, 0.4) is 0 Å². The van der Waals surface area contributed by atoms with Gasteiger partial charge in [-0.25, -0.2) is 0 Å². The number of nitrogens with one attached hydrogen (secondary N) is 1. The molecule has 0 saturated heterocycles. The van der Waals surface area contributed by atoms with Crippen LogP contribution in [0, 0.1) is 0 Å². The van der Waals surface area contributed by atoms with Gasteiger partial charge in [0.25, 0.3) is 0 Å². The molecule has 2 aromatic rings. The molecule has 3 heteroatoms. The summed E-state index contributed by atoms with van der Waals surface area (Å²) in [6.45, 7) is 5.32. The Labute approximate surface area is 138 Å². The minimum Gasteiger partial charge on any atom is -0.464 e. The predicted molar refractivity (Wildman–Crippen MR) is 93.4 cm³/mol. The molecule has 1 N–H and O–H groups in total. The van der Waals surface area contributed by atoms with E-state index >= 15 is 0 Å². The Morgan fingerprint density at radius 2 is 1.52 bits per heavy atom. The van der Waals surface area contributed by atoms with Gasteiger partial charge >= 0.3 is 5.97 Å². The van der Waals surface area contributed by atoms with Crippen molar-refractivity contribution in [3.63, 3.8) is 0 Å². The summed E-state index contributed by atoms with van der Waals surface area (Å²) in [5.41, 5.74) is 1.91. The van der Waals surface area contributed by atoms with E-state index in [4.69, 9.17) is 4.74 Å². The lowest BCUT2D eigenvalue weighted by Crippen LogP contribution is -2.30. The third-order valence-electron chi connectivity index (χ3n) is 3.95. The fourth-order valence-electron chi connectivity index (χ4n) is 2.44. The molecule has 0 heterocycles. The molecule has 0 amide bonds. The number of carbonyl (C=O) groups excluding carboxylic acids is 1. The van der Waals surface area contributed by atoms with E-state index in [9.17, 15) is 4.79 Å². The van der Waals surface area contributed by atoms with Crippen LogP contribution in [0.5, 0.6) is 0 Å². The van der Waals surface area contributed by atoms with Crippen molar-refractivity contribution in [2.24, 2.45) is 0 Å². The van der Waals surface area contributed by atoms with Gasteiger partial charge in [-0.2, -0.15) is 0 Å². The Bertz CT molecular complexity index is 544. The normalized spacial score (nSPS) is 12.1. The minimum absolute atomic E-state index is 0.201. The van der Waals surface area contributed by atoms with Gasteiger partial charge in [0.05, 0.1) is 0 Å². The second-order valence-corrected chi connectivity index (χ2v) is 5.69. The number of rotatable bonds is 8. The van der Waals surface area contributed by atoms with Crippen molar-refractivity contribution >= 4 is 5.97 Å². The lowest BCUT2D eigenvalue weighted by atomic mass is 9.91. The highest BCUT2D eigenvalue weighted by atomic mass is 16.5. The lowest BCUT2D eigenvalue weighted by molar-refractivity contribution is -0.144. The van der Waals surface area contributed by atoms with Crippen LogP contribution in [0.2, 0.25) is 0 Å². The maximum atomic E-state index is 12.6. The molecule has 0 saturated carbocycles. The molecule has 0 aliphatic carbocycles. The zero-order chi connectivity index (χ0) is 16.5. The van der Waals surface area contributed by atoms with Crippen molar-refractivity contribution in [2.75, 3.05) is 13.2 Å². The molecule has 0 aromatic heterocycles. The SMILES string of the molecule is CC[C@@H](C)NCCOC(=O)C(c1ccccc1)c1ccccc1. The van der Waals surface area contributed by atoms with Crippen LogP contribution in [0.25, 0.3) is 0 Å². The Kier molecular flexibility index (Phi) is 6.82. The summed E-state index contributed by atoms with van der Waals surface area (Å²) in [5, 5.41) is 3.33. The van der Waals surface area contributed by atoms with E-state index in [0.717, 1.165) is 17.5 Å². The van der Waals surface area contributed by atoms with Gasteiger partial charge in [0.15, 0.2) is 0 Å². The highest BCUT2D eigenvalue weighted by Gasteiger charge is 2.23. The highest BCUT2D eigenvalue weighted by molar-refractivity contribution is 5.82. The largest absolute Gasteiger partial charge is 0.464 e. The maximum absolute atomic E-state index is 12.6.